The van der Waals surface area contributed by atoms with Gasteiger partial charge in [-0.05, 0) is 40.3 Å². The summed E-state index contributed by atoms with van der Waals surface area (Å²) in [7, 11) is 0. The zero-order valence-electron chi connectivity index (χ0n) is 8.25. The molecule has 1 heterocycles. The molecule has 0 unspecified atom stereocenters. The minimum atomic E-state index is -0.466. The van der Waals surface area contributed by atoms with Gasteiger partial charge in [0.25, 0.3) is 0 Å². The van der Waals surface area contributed by atoms with Crippen molar-refractivity contribution in [3.63, 3.8) is 0 Å². The van der Waals surface area contributed by atoms with Gasteiger partial charge >= 0.3 is 0 Å². The average Bonchev–Trinajstić information content (AvgIpc) is 2.59. The van der Waals surface area contributed by atoms with E-state index in [9.17, 15) is 4.39 Å². The van der Waals surface area contributed by atoms with E-state index < -0.39 is 5.82 Å². The van der Waals surface area contributed by atoms with E-state index in [4.69, 9.17) is 28.9 Å². The van der Waals surface area contributed by atoms with E-state index in [1.807, 2.05) is 0 Å². The molecule has 0 spiro atoms. The number of aromatic nitrogens is 3. The monoisotopic (exact) mass is 337 g/mol. The van der Waals surface area contributed by atoms with Crippen LogP contribution in [0.15, 0.2) is 16.6 Å². The van der Waals surface area contributed by atoms with Crippen LogP contribution in [0.3, 0.4) is 0 Å². The molecule has 0 aliphatic carbocycles. The lowest BCUT2D eigenvalue weighted by molar-refractivity contribution is 0.268. The molecule has 1 aromatic heterocycles. The van der Waals surface area contributed by atoms with Crippen molar-refractivity contribution in [2.75, 3.05) is 0 Å². The minimum absolute atomic E-state index is 0.170. The number of nitrogens with zero attached hydrogens (tertiary/aromatic N) is 2. The summed E-state index contributed by atoms with van der Waals surface area (Å²) in [6, 6.07) is 2.43. The normalized spacial score (nSPS) is 10.8. The van der Waals surface area contributed by atoms with E-state index in [0.29, 0.717) is 16.0 Å². The molecule has 0 aliphatic heterocycles. The second-order valence-electron chi connectivity index (χ2n) is 3.16. The third-order valence-electron chi connectivity index (χ3n) is 2.09. The Bertz CT molecular complexity index is 604. The van der Waals surface area contributed by atoms with Crippen molar-refractivity contribution in [1.29, 1.82) is 0 Å². The Balaban J connectivity index is 2.77. The first kappa shape index (κ1) is 12.7. The standard InChI is InChI=1S/C9H6BrClFN3OS/c10-5-1-4(12)2-6(11)8(5)15-7(3-16)13-14-9(15)17/h1-2,16H,3H2,(H,14,17). The highest BCUT2D eigenvalue weighted by molar-refractivity contribution is 9.10. The Morgan fingerprint density at radius 2 is 2.29 bits per heavy atom. The molecule has 1 aromatic carbocycles. The van der Waals surface area contributed by atoms with E-state index in [0.717, 1.165) is 6.07 Å². The van der Waals surface area contributed by atoms with Gasteiger partial charge in [0.1, 0.15) is 12.4 Å². The zero-order valence-corrected chi connectivity index (χ0v) is 11.4. The Morgan fingerprint density at radius 3 is 2.88 bits per heavy atom. The fourth-order valence-electron chi connectivity index (χ4n) is 1.41. The van der Waals surface area contributed by atoms with Crippen LogP contribution in [0.1, 0.15) is 5.82 Å². The van der Waals surface area contributed by atoms with E-state index in [2.05, 4.69) is 26.1 Å². The Labute approximate surface area is 114 Å². The number of benzene rings is 1. The van der Waals surface area contributed by atoms with E-state index in [1.54, 1.807) is 0 Å². The Hall–Kier alpha value is -0.760. The van der Waals surface area contributed by atoms with E-state index in [1.165, 1.54) is 10.6 Å². The molecule has 2 N–H and O–H groups in total. The maximum absolute atomic E-state index is 13.1. The highest BCUT2D eigenvalue weighted by Crippen LogP contribution is 2.31. The van der Waals surface area contributed by atoms with Gasteiger partial charge in [-0.3, -0.25) is 9.67 Å². The maximum Gasteiger partial charge on any atom is 0.200 e. The van der Waals surface area contributed by atoms with Crippen LogP contribution in [0.25, 0.3) is 5.69 Å². The number of aliphatic hydroxyl groups is 1. The van der Waals surface area contributed by atoms with Gasteiger partial charge in [-0.1, -0.05) is 11.6 Å². The summed E-state index contributed by atoms with van der Waals surface area (Å²) >= 11 is 14.2. The van der Waals surface area contributed by atoms with Crippen molar-refractivity contribution in [2.24, 2.45) is 0 Å². The summed E-state index contributed by atoms with van der Waals surface area (Å²) in [5.74, 6) is -0.171. The summed E-state index contributed by atoms with van der Waals surface area (Å²) in [5, 5.41) is 15.7. The second-order valence-corrected chi connectivity index (χ2v) is 4.80. The number of aromatic amines is 1. The molecule has 0 fully saturated rings. The van der Waals surface area contributed by atoms with Crippen LogP contribution in [0.2, 0.25) is 5.02 Å². The summed E-state index contributed by atoms with van der Waals surface area (Å²) in [5.41, 5.74) is 0.441. The van der Waals surface area contributed by atoms with Crippen molar-refractivity contribution in [2.45, 2.75) is 6.61 Å². The third kappa shape index (κ3) is 2.28. The van der Waals surface area contributed by atoms with Crippen LogP contribution in [0.5, 0.6) is 0 Å². The van der Waals surface area contributed by atoms with Gasteiger partial charge in [-0.2, -0.15) is 5.10 Å². The van der Waals surface area contributed by atoms with Gasteiger partial charge in [0.2, 0.25) is 0 Å². The van der Waals surface area contributed by atoms with Crippen LogP contribution in [-0.4, -0.2) is 19.9 Å². The third-order valence-corrected chi connectivity index (χ3v) is 3.25. The molecule has 0 radical (unpaired) electrons. The Morgan fingerprint density at radius 1 is 1.59 bits per heavy atom. The summed E-state index contributed by atoms with van der Waals surface area (Å²) < 4.78 is 15.2. The first-order chi connectivity index (χ1) is 8.04. The van der Waals surface area contributed by atoms with Gasteiger partial charge in [0.15, 0.2) is 10.6 Å². The van der Waals surface area contributed by atoms with Crippen molar-refractivity contribution >= 4 is 39.7 Å². The molecular weight excluding hydrogens is 333 g/mol. The maximum atomic E-state index is 13.1. The molecule has 8 heteroatoms. The quantitative estimate of drug-likeness (QED) is 0.828. The molecule has 4 nitrogen and oxygen atoms in total. The fourth-order valence-corrected chi connectivity index (χ4v) is 2.67. The molecule has 2 aromatic rings. The zero-order chi connectivity index (χ0) is 12.6. The van der Waals surface area contributed by atoms with E-state index >= 15 is 0 Å². The van der Waals surface area contributed by atoms with Crippen molar-refractivity contribution < 1.29 is 9.50 Å². The molecule has 0 bridgehead atoms. The highest BCUT2D eigenvalue weighted by Gasteiger charge is 2.15. The van der Waals surface area contributed by atoms with Gasteiger partial charge in [-0.15, -0.1) is 0 Å². The van der Waals surface area contributed by atoms with Crippen LogP contribution in [0.4, 0.5) is 4.39 Å². The van der Waals surface area contributed by atoms with Gasteiger partial charge in [0.05, 0.1) is 10.7 Å². The molecule has 0 atom stereocenters. The number of halogens is 3. The van der Waals surface area contributed by atoms with E-state index in [-0.39, 0.29) is 16.4 Å². The van der Waals surface area contributed by atoms with Crippen LogP contribution in [0, 0.1) is 10.6 Å². The SMILES string of the molecule is OCc1n[nH]c(=S)n1-c1c(Cl)cc(F)cc1Br. The number of aliphatic hydroxyl groups excluding tert-OH is 1. The lowest BCUT2D eigenvalue weighted by Gasteiger charge is -2.10. The predicted octanol–water partition coefficient (Wildman–Crippen LogP) is 2.98. The lowest BCUT2D eigenvalue weighted by atomic mass is 10.3. The first-order valence-corrected chi connectivity index (χ1v) is 6.04. The molecule has 17 heavy (non-hydrogen) atoms. The summed E-state index contributed by atoms with van der Waals surface area (Å²) in [6.45, 7) is -0.312. The smallest absolute Gasteiger partial charge is 0.200 e. The van der Waals surface area contributed by atoms with Crippen LogP contribution >= 0.6 is 39.7 Å². The summed E-state index contributed by atoms with van der Waals surface area (Å²) in [4.78, 5) is 0. The predicted molar refractivity (Wildman–Crippen MR) is 67.3 cm³/mol. The average molecular weight is 339 g/mol. The topological polar surface area (TPSA) is 53.8 Å². The highest BCUT2D eigenvalue weighted by atomic mass is 79.9. The van der Waals surface area contributed by atoms with Crippen molar-refractivity contribution in [3.05, 3.63) is 38.0 Å². The molecule has 2 rings (SSSR count). The number of hydrogen-bond acceptors (Lipinski definition) is 3. The fraction of sp³-hybridized carbons (Fsp3) is 0.111. The molecule has 0 aliphatic rings. The Kier molecular flexibility index (Phi) is 3.62. The molecule has 0 saturated carbocycles. The molecule has 90 valence electrons. The van der Waals surface area contributed by atoms with Gasteiger partial charge in [0, 0.05) is 4.47 Å². The first-order valence-electron chi connectivity index (χ1n) is 4.46. The van der Waals surface area contributed by atoms with Gasteiger partial charge < -0.3 is 5.11 Å². The lowest BCUT2D eigenvalue weighted by Crippen LogP contribution is -2.03. The molecule has 0 saturated heterocycles. The minimum Gasteiger partial charge on any atom is -0.388 e. The van der Waals surface area contributed by atoms with Crippen molar-refractivity contribution in [3.8, 4) is 5.69 Å². The molecular formula is C9H6BrClFN3OS. The van der Waals surface area contributed by atoms with Crippen molar-refractivity contribution in [1.82, 2.24) is 14.8 Å². The summed E-state index contributed by atoms with van der Waals surface area (Å²) in [6.07, 6.45) is 0. The number of H-pyrrole nitrogens is 1. The van der Waals surface area contributed by atoms with Gasteiger partial charge in [-0.25, -0.2) is 4.39 Å². The number of rotatable bonds is 2. The molecule has 0 amide bonds. The largest absolute Gasteiger partial charge is 0.388 e. The van der Waals surface area contributed by atoms with Crippen LogP contribution < -0.4 is 0 Å². The number of nitrogens with one attached hydrogen (secondary N) is 1. The number of hydrogen-bond donors (Lipinski definition) is 2. The van der Waals surface area contributed by atoms with Crippen LogP contribution in [-0.2, 0) is 6.61 Å². The second kappa shape index (κ2) is 4.85.